The number of hydrogen-bond donors (Lipinski definition) is 3. The van der Waals surface area contributed by atoms with E-state index in [-0.39, 0.29) is 55.0 Å². The summed E-state index contributed by atoms with van der Waals surface area (Å²) in [5.41, 5.74) is 1.62. The van der Waals surface area contributed by atoms with Gasteiger partial charge in [-0.15, -0.1) is 0 Å². The molecule has 1 aliphatic heterocycles. The topological polar surface area (TPSA) is 120 Å². The minimum atomic E-state index is -0.503. The van der Waals surface area contributed by atoms with Gasteiger partial charge in [0, 0.05) is 49.7 Å². The summed E-state index contributed by atoms with van der Waals surface area (Å²) in [6, 6.07) is 18.3. The number of rotatable bonds is 7. The molecular weight excluding hydrogens is 632 g/mol. The minimum Gasteiger partial charge on any atom is -0.490 e. The van der Waals surface area contributed by atoms with Crippen LogP contribution in [0.3, 0.4) is 0 Å². The van der Waals surface area contributed by atoms with Gasteiger partial charge in [-0.3, -0.25) is 9.59 Å². The molecule has 1 fully saturated rings. The van der Waals surface area contributed by atoms with Crippen molar-refractivity contribution in [2.45, 2.75) is 90.4 Å². The molecular formula is C40H54N4O6. The van der Waals surface area contributed by atoms with Crippen molar-refractivity contribution < 1.29 is 29.0 Å². The smallest absolute Gasteiger partial charge is 0.321 e. The number of carbonyl (C=O) groups is 3. The van der Waals surface area contributed by atoms with Gasteiger partial charge in [0.15, 0.2) is 0 Å². The highest BCUT2D eigenvalue weighted by atomic mass is 16.5. The first-order chi connectivity index (χ1) is 24.1. The van der Waals surface area contributed by atoms with E-state index in [0.717, 1.165) is 67.8 Å². The molecule has 0 bridgehead atoms. The van der Waals surface area contributed by atoms with Crippen molar-refractivity contribution in [3.63, 3.8) is 0 Å². The summed E-state index contributed by atoms with van der Waals surface area (Å²) in [6.45, 7) is 6.66. The molecule has 3 N–H and O–H groups in total. The molecule has 3 aromatic carbocycles. The van der Waals surface area contributed by atoms with Crippen LogP contribution in [0.25, 0.3) is 10.8 Å². The van der Waals surface area contributed by atoms with Crippen LogP contribution in [0.2, 0.25) is 0 Å². The molecule has 1 saturated carbocycles. The number of aliphatic hydroxyl groups excluding tert-OH is 1. The van der Waals surface area contributed by atoms with Crippen molar-refractivity contribution >= 4 is 40.0 Å². The van der Waals surface area contributed by atoms with Gasteiger partial charge in [0.1, 0.15) is 5.75 Å². The Bertz CT molecular complexity index is 1600. The molecule has 5 rings (SSSR count). The summed E-state index contributed by atoms with van der Waals surface area (Å²) in [4.78, 5) is 44.3. The lowest BCUT2D eigenvalue weighted by Gasteiger charge is -2.36. The normalized spacial score (nSPS) is 21.7. The average molecular weight is 687 g/mol. The van der Waals surface area contributed by atoms with Crippen LogP contribution in [0, 0.1) is 11.8 Å². The quantitative estimate of drug-likeness (QED) is 0.240. The first-order valence-corrected chi connectivity index (χ1v) is 18.3. The number of amides is 4. The molecule has 3 aromatic rings. The Morgan fingerprint density at radius 3 is 2.48 bits per heavy atom. The zero-order valence-electron chi connectivity index (χ0n) is 30.0. The van der Waals surface area contributed by atoms with Gasteiger partial charge in [-0.05, 0) is 75.6 Å². The monoisotopic (exact) mass is 686 g/mol. The Morgan fingerprint density at radius 2 is 1.70 bits per heavy atom. The summed E-state index contributed by atoms with van der Waals surface area (Å²) in [6.07, 6.45) is 6.92. The van der Waals surface area contributed by atoms with Crippen LogP contribution in [-0.2, 0) is 9.53 Å². The zero-order valence-corrected chi connectivity index (χ0v) is 30.0. The third kappa shape index (κ3) is 9.54. The largest absolute Gasteiger partial charge is 0.490 e. The predicted octanol–water partition coefficient (Wildman–Crippen LogP) is 7.32. The fourth-order valence-corrected chi connectivity index (χ4v) is 6.97. The number of benzene rings is 3. The van der Waals surface area contributed by atoms with Crippen molar-refractivity contribution in [2.75, 3.05) is 44.0 Å². The molecule has 10 heteroatoms. The maximum Gasteiger partial charge on any atom is 0.321 e. The summed E-state index contributed by atoms with van der Waals surface area (Å²) in [5.74, 6) is -0.0838. The van der Waals surface area contributed by atoms with E-state index >= 15 is 0 Å². The number of carbonyl (C=O) groups excluding carboxylic acids is 3. The molecule has 2 aliphatic rings. The van der Waals surface area contributed by atoms with E-state index in [1.807, 2.05) is 63.2 Å². The van der Waals surface area contributed by atoms with Crippen LogP contribution < -0.4 is 15.4 Å². The maximum atomic E-state index is 14.5. The number of urea groups is 1. The molecule has 4 atom stereocenters. The van der Waals surface area contributed by atoms with Crippen molar-refractivity contribution in [3.8, 4) is 5.75 Å². The fourth-order valence-electron chi connectivity index (χ4n) is 6.97. The molecule has 0 saturated heterocycles. The van der Waals surface area contributed by atoms with Gasteiger partial charge in [-0.2, -0.15) is 0 Å². The predicted molar refractivity (Wildman–Crippen MR) is 198 cm³/mol. The van der Waals surface area contributed by atoms with Crippen LogP contribution >= 0.6 is 0 Å². The van der Waals surface area contributed by atoms with Crippen LogP contribution in [0.5, 0.6) is 5.75 Å². The van der Waals surface area contributed by atoms with Gasteiger partial charge in [0.25, 0.3) is 5.91 Å². The van der Waals surface area contributed by atoms with Gasteiger partial charge < -0.3 is 35.0 Å². The van der Waals surface area contributed by atoms with Gasteiger partial charge in [-0.1, -0.05) is 62.6 Å². The molecule has 1 aliphatic carbocycles. The van der Waals surface area contributed by atoms with E-state index in [1.54, 1.807) is 35.0 Å². The number of aliphatic hydroxyl groups is 1. The summed E-state index contributed by atoms with van der Waals surface area (Å²) >= 11 is 0. The van der Waals surface area contributed by atoms with E-state index in [9.17, 15) is 19.5 Å². The Balaban J connectivity index is 1.37. The molecule has 0 unspecified atom stereocenters. The van der Waals surface area contributed by atoms with E-state index in [1.165, 1.54) is 0 Å². The second-order valence-corrected chi connectivity index (χ2v) is 14.2. The number of fused-ring (bicyclic) bond motifs is 2. The Kier molecular flexibility index (Phi) is 13.1. The van der Waals surface area contributed by atoms with Crippen LogP contribution in [0.1, 0.15) is 82.5 Å². The van der Waals surface area contributed by atoms with Crippen molar-refractivity contribution in [1.82, 2.24) is 9.80 Å². The lowest BCUT2D eigenvalue weighted by Crippen LogP contribution is -2.48. The van der Waals surface area contributed by atoms with Gasteiger partial charge in [0.05, 0.1) is 36.1 Å². The summed E-state index contributed by atoms with van der Waals surface area (Å²) in [5, 5.41) is 18.4. The number of nitrogens with one attached hydrogen (secondary N) is 2. The van der Waals surface area contributed by atoms with E-state index in [0.29, 0.717) is 30.2 Å². The molecule has 270 valence electrons. The van der Waals surface area contributed by atoms with Crippen LogP contribution in [0.4, 0.5) is 16.2 Å². The van der Waals surface area contributed by atoms with Crippen molar-refractivity contribution in [3.05, 3.63) is 66.2 Å². The van der Waals surface area contributed by atoms with Crippen LogP contribution in [0.15, 0.2) is 60.7 Å². The Hall–Kier alpha value is -4.15. The van der Waals surface area contributed by atoms with Crippen molar-refractivity contribution in [1.29, 1.82) is 0 Å². The SMILES string of the molecule is C[C@@H]1CCCCO[C@@H](CN(C)C(=O)Nc2cccc3ccccc23)[C@@H](C)CN([C@@H](C)CO)C(=O)c2cc(NC(=O)C3CCCCC3)ccc2O1. The summed E-state index contributed by atoms with van der Waals surface area (Å²) in [7, 11) is 1.75. The highest BCUT2D eigenvalue weighted by Gasteiger charge is 2.31. The molecule has 0 radical (unpaired) electrons. The fraction of sp³-hybridized carbons (Fsp3) is 0.525. The van der Waals surface area contributed by atoms with E-state index < -0.39 is 6.04 Å². The van der Waals surface area contributed by atoms with Gasteiger partial charge in [-0.25, -0.2) is 4.79 Å². The number of anilines is 2. The first kappa shape index (κ1) is 37.1. The van der Waals surface area contributed by atoms with Gasteiger partial charge in [0.2, 0.25) is 5.91 Å². The summed E-state index contributed by atoms with van der Waals surface area (Å²) < 4.78 is 12.8. The molecule has 1 heterocycles. The average Bonchev–Trinajstić information content (AvgIpc) is 3.13. The molecule has 10 nitrogen and oxygen atoms in total. The molecule has 0 aromatic heterocycles. The Labute approximate surface area is 296 Å². The van der Waals surface area contributed by atoms with Crippen molar-refractivity contribution in [2.24, 2.45) is 11.8 Å². The third-order valence-corrected chi connectivity index (χ3v) is 10.1. The number of ether oxygens (including phenoxy) is 2. The maximum absolute atomic E-state index is 14.5. The molecule has 50 heavy (non-hydrogen) atoms. The minimum absolute atomic E-state index is 0.0184. The lowest BCUT2D eigenvalue weighted by atomic mass is 9.88. The number of hydrogen-bond acceptors (Lipinski definition) is 6. The second kappa shape index (κ2) is 17.7. The Morgan fingerprint density at radius 1 is 0.960 bits per heavy atom. The van der Waals surface area contributed by atoms with E-state index in [2.05, 4.69) is 10.6 Å². The highest BCUT2D eigenvalue weighted by molar-refractivity contribution is 6.02. The standard InChI is InChI=1S/C40H54N4O6/c1-27-24-44(28(2)26-45)39(47)34-23-32(41-38(46)31-15-6-5-7-16-31)20-21-36(34)50-29(3)13-10-11-22-49-37(27)25-43(4)40(48)42-35-19-12-17-30-14-8-9-18-33(30)35/h8-9,12,14,17-21,23,27-29,31,37,45H,5-7,10-11,13,15-16,22,24-26H2,1-4H3,(H,41,46)(H,42,48)/t27-,28-,29+,37-/m0/s1. The zero-order chi connectivity index (χ0) is 35.6. The highest BCUT2D eigenvalue weighted by Crippen LogP contribution is 2.30. The lowest BCUT2D eigenvalue weighted by molar-refractivity contribution is -0.120. The van der Waals surface area contributed by atoms with E-state index in [4.69, 9.17) is 9.47 Å². The molecule has 4 amide bonds. The van der Waals surface area contributed by atoms with Gasteiger partial charge >= 0.3 is 6.03 Å². The number of nitrogens with zero attached hydrogens (tertiary/aromatic N) is 2. The number of likely N-dealkylation sites (N-methyl/N-ethyl adjacent to an activating group) is 1. The molecule has 0 spiro atoms. The van der Waals surface area contributed by atoms with Crippen LogP contribution in [-0.4, -0.2) is 84.4 Å². The first-order valence-electron chi connectivity index (χ1n) is 18.3. The third-order valence-electron chi connectivity index (χ3n) is 10.1. The second-order valence-electron chi connectivity index (χ2n) is 14.2.